The van der Waals surface area contributed by atoms with Crippen molar-refractivity contribution in [3.63, 3.8) is 0 Å². The van der Waals surface area contributed by atoms with Crippen molar-refractivity contribution in [2.75, 3.05) is 39.3 Å². The van der Waals surface area contributed by atoms with E-state index in [2.05, 4.69) is 15.5 Å². The predicted octanol–water partition coefficient (Wildman–Crippen LogP) is 1.04. The van der Waals surface area contributed by atoms with Gasteiger partial charge < -0.3 is 10.6 Å². The Bertz CT molecular complexity index is 377. The zero-order valence-corrected chi connectivity index (χ0v) is 11.1. The van der Waals surface area contributed by atoms with Crippen LogP contribution in [-0.2, 0) is 0 Å². The van der Waals surface area contributed by atoms with E-state index in [1.165, 1.54) is 11.3 Å². The number of thiophene rings is 1. The zero-order chi connectivity index (χ0) is 12.1. The van der Waals surface area contributed by atoms with Crippen molar-refractivity contribution in [1.29, 1.82) is 0 Å². The van der Waals surface area contributed by atoms with Gasteiger partial charge in [-0.15, -0.1) is 11.3 Å². The Kier molecular flexibility index (Phi) is 4.79. The first-order valence-electron chi connectivity index (χ1n) is 5.72. The molecule has 0 bridgehead atoms. The van der Waals surface area contributed by atoms with Crippen LogP contribution in [0.3, 0.4) is 0 Å². The zero-order valence-electron chi connectivity index (χ0n) is 9.54. The highest BCUT2D eigenvalue weighted by Crippen LogP contribution is 2.20. The number of nitrogens with zero attached hydrogens (tertiary/aromatic N) is 1. The number of piperazine rings is 1. The molecular formula is C11H16ClN3OS. The molecule has 0 spiro atoms. The molecule has 0 aromatic carbocycles. The smallest absolute Gasteiger partial charge is 0.261 e. The van der Waals surface area contributed by atoms with Crippen LogP contribution in [0.25, 0.3) is 0 Å². The summed E-state index contributed by atoms with van der Waals surface area (Å²) in [5.74, 6) is -0.0305. The Balaban J connectivity index is 1.69. The van der Waals surface area contributed by atoms with Gasteiger partial charge in [0.15, 0.2) is 0 Å². The maximum absolute atomic E-state index is 11.7. The van der Waals surface area contributed by atoms with Crippen molar-refractivity contribution in [2.45, 2.75) is 0 Å². The van der Waals surface area contributed by atoms with E-state index in [1.807, 2.05) is 0 Å². The molecule has 1 aromatic heterocycles. The van der Waals surface area contributed by atoms with Crippen molar-refractivity contribution >= 4 is 28.8 Å². The molecule has 1 aromatic rings. The lowest BCUT2D eigenvalue weighted by atomic mass is 10.3. The van der Waals surface area contributed by atoms with Crippen LogP contribution in [0, 0.1) is 0 Å². The van der Waals surface area contributed by atoms with E-state index < -0.39 is 0 Å². The normalized spacial score (nSPS) is 17.0. The molecule has 2 heterocycles. The van der Waals surface area contributed by atoms with E-state index in [1.54, 1.807) is 12.1 Å². The van der Waals surface area contributed by atoms with E-state index in [0.29, 0.717) is 15.8 Å². The van der Waals surface area contributed by atoms with Crippen molar-refractivity contribution in [3.8, 4) is 0 Å². The molecule has 2 rings (SSSR count). The number of hydrogen-bond donors (Lipinski definition) is 2. The van der Waals surface area contributed by atoms with Crippen LogP contribution in [-0.4, -0.2) is 50.1 Å². The average Bonchev–Trinajstić information content (AvgIpc) is 2.77. The van der Waals surface area contributed by atoms with Gasteiger partial charge in [0.1, 0.15) is 0 Å². The molecule has 0 unspecified atom stereocenters. The molecule has 1 aliphatic heterocycles. The molecule has 1 amide bonds. The maximum atomic E-state index is 11.7. The monoisotopic (exact) mass is 273 g/mol. The summed E-state index contributed by atoms with van der Waals surface area (Å²) in [6.07, 6.45) is 0. The topological polar surface area (TPSA) is 44.4 Å². The lowest BCUT2D eigenvalue weighted by molar-refractivity contribution is 0.0951. The summed E-state index contributed by atoms with van der Waals surface area (Å²) in [6, 6.07) is 3.50. The summed E-state index contributed by atoms with van der Waals surface area (Å²) < 4.78 is 0.650. The SMILES string of the molecule is O=C(NCCN1CCNCC1)c1ccc(Cl)s1. The third-order valence-corrected chi connectivity index (χ3v) is 3.95. The average molecular weight is 274 g/mol. The van der Waals surface area contributed by atoms with Gasteiger partial charge in [-0.2, -0.15) is 0 Å². The van der Waals surface area contributed by atoms with Gasteiger partial charge in [-0.3, -0.25) is 9.69 Å². The quantitative estimate of drug-likeness (QED) is 0.862. The fourth-order valence-corrected chi connectivity index (χ4v) is 2.75. The molecule has 6 heteroatoms. The minimum absolute atomic E-state index is 0.0305. The van der Waals surface area contributed by atoms with Crippen LogP contribution < -0.4 is 10.6 Å². The minimum atomic E-state index is -0.0305. The molecule has 1 saturated heterocycles. The van der Waals surface area contributed by atoms with Gasteiger partial charge in [0, 0.05) is 39.3 Å². The number of rotatable bonds is 4. The van der Waals surface area contributed by atoms with Gasteiger partial charge in [0.05, 0.1) is 9.21 Å². The summed E-state index contributed by atoms with van der Waals surface area (Å²) in [6.45, 7) is 5.78. The Morgan fingerprint density at radius 3 is 2.88 bits per heavy atom. The highest BCUT2D eigenvalue weighted by atomic mass is 35.5. The standard InChI is InChI=1S/C11H16ClN3OS/c12-10-2-1-9(17-10)11(16)14-5-8-15-6-3-13-4-7-15/h1-2,13H,3-8H2,(H,14,16). The maximum Gasteiger partial charge on any atom is 0.261 e. The summed E-state index contributed by atoms with van der Waals surface area (Å²) in [5.41, 5.74) is 0. The van der Waals surface area contributed by atoms with Crippen LogP contribution in [0.4, 0.5) is 0 Å². The van der Waals surface area contributed by atoms with Gasteiger partial charge in [-0.25, -0.2) is 0 Å². The van der Waals surface area contributed by atoms with Gasteiger partial charge in [0.2, 0.25) is 0 Å². The molecule has 1 fully saturated rings. The Morgan fingerprint density at radius 1 is 1.47 bits per heavy atom. The molecule has 1 aliphatic rings. The van der Waals surface area contributed by atoms with Crippen LogP contribution in [0.1, 0.15) is 9.67 Å². The summed E-state index contributed by atoms with van der Waals surface area (Å²) >= 11 is 7.10. The van der Waals surface area contributed by atoms with Gasteiger partial charge in [0.25, 0.3) is 5.91 Å². The van der Waals surface area contributed by atoms with Crippen LogP contribution in [0.15, 0.2) is 12.1 Å². The molecule has 0 saturated carbocycles. The minimum Gasteiger partial charge on any atom is -0.350 e. The van der Waals surface area contributed by atoms with Crippen molar-refractivity contribution < 1.29 is 4.79 Å². The molecule has 17 heavy (non-hydrogen) atoms. The third-order valence-electron chi connectivity index (χ3n) is 2.72. The van der Waals surface area contributed by atoms with Gasteiger partial charge >= 0.3 is 0 Å². The molecule has 2 N–H and O–H groups in total. The van der Waals surface area contributed by atoms with Crippen molar-refractivity contribution in [2.24, 2.45) is 0 Å². The number of halogens is 1. The van der Waals surface area contributed by atoms with Gasteiger partial charge in [-0.1, -0.05) is 11.6 Å². The van der Waals surface area contributed by atoms with E-state index in [4.69, 9.17) is 11.6 Å². The highest BCUT2D eigenvalue weighted by molar-refractivity contribution is 7.17. The molecule has 0 aliphatic carbocycles. The largest absolute Gasteiger partial charge is 0.350 e. The summed E-state index contributed by atoms with van der Waals surface area (Å²) in [5, 5.41) is 6.21. The van der Waals surface area contributed by atoms with E-state index in [9.17, 15) is 4.79 Å². The number of nitrogens with one attached hydrogen (secondary N) is 2. The Hall–Kier alpha value is -0.620. The van der Waals surface area contributed by atoms with Gasteiger partial charge in [-0.05, 0) is 12.1 Å². The first-order valence-corrected chi connectivity index (χ1v) is 6.92. The molecular weight excluding hydrogens is 258 g/mol. The first-order chi connectivity index (χ1) is 8.25. The van der Waals surface area contributed by atoms with E-state index >= 15 is 0 Å². The molecule has 0 radical (unpaired) electrons. The van der Waals surface area contributed by atoms with Crippen molar-refractivity contribution in [1.82, 2.24) is 15.5 Å². The third kappa shape index (κ3) is 3.96. The molecule has 0 atom stereocenters. The molecule has 94 valence electrons. The number of carbonyl (C=O) groups is 1. The predicted molar refractivity (Wildman–Crippen MR) is 71.0 cm³/mol. The van der Waals surface area contributed by atoms with Crippen molar-refractivity contribution in [3.05, 3.63) is 21.3 Å². The van der Waals surface area contributed by atoms with Crippen LogP contribution in [0.2, 0.25) is 4.34 Å². The second-order valence-electron chi connectivity index (χ2n) is 3.95. The lowest BCUT2D eigenvalue weighted by Crippen LogP contribution is -2.46. The number of hydrogen-bond acceptors (Lipinski definition) is 4. The molecule has 4 nitrogen and oxygen atoms in total. The highest BCUT2D eigenvalue weighted by Gasteiger charge is 2.11. The fourth-order valence-electron chi connectivity index (χ4n) is 1.79. The van der Waals surface area contributed by atoms with Crippen LogP contribution in [0.5, 0.6) is 0 Å². The summed E-state index contributed by atoms with van der Waals surface area (Å²) in [4.78, 5) is 14.7. The fraction of sp³-hybridized carbons (Fsp3) is 0.545. The second-order valence-corrected chi connectivity index (χ2v) is 5.67. The Labute approximate surface area is 110 Å². The lowest BCUT2D eigenvalue weighted by Gasteiger charge is -2.26. The van der Waals surface area contributed by atoms with Crippen LogP contribution >= 0.6 is 22.9 Å². The van der Waals surface area contributed by atoms with E-state index in [0.717, 1.165) is 32.7 Å². The number of amides is 1. The number of carbonyl (C=O) groups excluding carboxylic acids is 1. The Morgan fingerprint density at radius 2 is 2.24 bits per heavy atom. The first kappa shape index (κ1) is 12.8. The van der Waals surface area contributed by atoms with E-state index in [-0.39, 0.29) is 5.91 Å². The second kappa shape index (κ2) is 6.35. The summed E-state index contributed by atoms with van der Waals surface area (Å²) in [7, 11) is 0.